The van der Waals surface area contributed by atoms with Crippen molar-refractivity contribution in [2.75, 3.05) is 18.5 Å². The zero-order chi connectivity index (χ0) is 22.0. The van der Waals surface area contributed by atoms with Crippen LogP contribution in [0.4, 0.5) is 5.69 Å². The monoisotopic (exact) mass is 425 g/mol. The third kappa shape index (κ3) is 4.35. The van der Waals surface area contributed by atoms with Crippen LogP contribution in [0.5, 0.6) is 0 Å². The van der Waals surface area contributed by atoms with Crippen molar-refractivity contribution in [2.24, 2.45) is 7.05 Å². The molecule has 31 heavy (non-hydrogen) atoms. The fraction of sp³-hybridized carbons (Fsp3) is 0.333. The quantitative estimate of drug-likeness (QED) is 0.612. The molecule has 0 spiro atoms. The van der Waals surface area contributed by atoms with E-state index >= 15 is 0 Å². The minimum Gasteiger partial charge on any atom is -0.394 e. The van der Waals surface area contributed by atoms with E-state index in [4.69, 9.17) is 9.26 Å². The number of carbonyl (C=O) groups excluding carboxylic acids is 2. The number of aliphatic hydroxyl groups is 1. The van der Waals surface area contributed by atoms with E-state index in [9.17, 15) is 14.7 Å². The second-order valence-corrected chi connectivity index (χ2v) is 7.36. The van der Waals surface area contributed by atoms with E-state index in [1.54, 1.807) is 54.5 Å². The van der Waals surface area contributed by atoms with Crippen LogP contribution in [-0.2, 0) is 23.1 Å². The predicted octanol–water partition coefficient (Wildman–Crippen LogP) is 1.43. The Labute approximate surface area is 178 Å². The normalized spacial score (nSPS) is 18.9. The summed E-state index contributed by atoms with van der Waals surface area (Å²) >= 11 is 0. The number of aromatic nitrogens is 3. The number of aryl methyl sites for hydroxylation is 2. The van der Waals surface area contributed by atoms with Crippen LogP contribution in [0.25, 0.3) is 0 Å². The summed E-state index contributed by atoms with van der Waals surface area (Å²) in [5.41, 5.74) is 1.55. The molecule has 1 fully saturated rings. The van der Waals surface area contributed by atoms with Gasteiger partial charge in [-0.05, 0) is 24.6 Å². The highest BCUT2D eigenvalue weighted by Crippen LogP contribution is 2.30. The largest absolute Gasteiger partial charge is 0.394 e. The van der Waals surface area contributed by atoms with Gasteiger partial charge in [-0.3, -0.25) is 9.59 Å². The summed E-state index contributed by atoms with van der Waals surface area (Å²) in [7, 11) is 1.85. The van der Waals surface area contributed by atoms with Crippen LogP contribution in [0.3, 0.4) is 0 Å². The average Bonchev–Trinajstić information content (AvgIpc) is 3.38. The second kappa shape index (κ2) is 8.70. The number of benzene rings is 1. The van der Waals surface area contributed by atoms with Gasteiger partial charge in [0.05, 0.1) is 19.2 Å². The molecule has 2 atom stereocenters. The van der Waals surface area contributed by atoms with Crippen molar-refractivity contribution in [1.29, 1.82) is 0 Å². The zero-order valence-electron chi connectivity index (χ0n) is 17.2. The third-order valence-electron chi connectivity index (χ3n) is 5.23. The first-order valence-corrected chi connectivity index (χ1v) is 9.79. The lowest BCUT2D eigenvalue weighted by Crippen LogP contribution is -2.52. The number of rotatable bonds is 6. The first-order chi connectivity index (χ1) is 15.0. The van der Waals surface area contributed by atoms with Crippen molar-refractivity contribution >= 4 is 17.5 Å². The van der Waals surface area contributed by atoms with E-state index in [0.29, 0.717) is 17.3 Å². The summed E-state index contributed by atoms with van der Waals surface area (Å²) in [5, 5.41) is 16.5. The van der Waals surface area contributed by atoms with Gasteiger partial charge in [0, 0.05) is 31.2 Å². The summed E-state index contributed by atoms with van der Waals surface area (Å²) in [4.78, 5) is 30.6. The first-order valence-electron chi connectivity index (χ1n) is 9.79. The highest BCUT2D eigenvalue weighted by molar-refractivity contribution is 6.02. The zero-order valence-corrected chi connectivity index (χ0v) is 17.2. The molecule has 4 rings (SSSR count). The maximum atomic E-state index is 12.5. The molecule has 1 saturated heterocycles. The van der Waals surface area contributed by atoms with Crippen molar-refractivity contribution < 1.29 is 24.0 Å². The van der Waals surface area contributed by atoms with E-state index in [2.05, 4.69) is 15.5 Å². The molecule has 2 amide bonds. The fourth-order valence-electron chi connectivity index (χ4n) is 3.55. The fourth-order valence-corrected chi connectivity index (χ4v) is 3.55. The maximum absolute atomic E-state index is 12.5. The number of hydrogen-bond acceptors (Lipinski definition) is 7. The SMILES string of the molecule is Cc1cc(C(=O)Nc2ccc([C@H]3OCC(=O)N(Cc4nccn4C)[C@@H]3CO)cc2)no1. The Morgan fingerprint density at radius 1 is 1.32 bits per heavy atom. The van der Waals surface area contributed by atoms with E-state index in [1.807, 2.05) is 11.6 Å². The molecule has 162 valence electrons. The van der Waals surface area contributed by atoms with Crippen LogP contribution < -0.4 is 5.32 Å². The number of amides is 2. The predicted molar refractivity (Wildman–Crippen MR) is 109 cm³/mol. The molecule has 1 aliphatic heterocycles. The minimum absolute atomic E-state index is 0.0877. The molecule has 10 heteroatoms. The van der Waals surface area contributed by atoms with Crippen molar-refractivity contribution in [2.45, 2.75) is 25.6 Å². The Hall–Kier alpha value is -3.50. The lowest BCUT2D eigenvalue weighted by Gasteiger charge is -2.40. The van der Waals surface area contributed by atoms with E-state index in [1.165, 1.54) is 0 Å². The van der Waals surface area contributed by atoms with Crippen LogP contribution in [0.2, 0.25) is 0 Å². The van der Waals surface area contributed by atoms with Crippen LogP contribution in [0.1, 0.15) is 33.7 Å². The molecule has 0 radical (unpaired) electrons. The number of ether oxygens (including phenoxy) is 1. The van der Waals surface area contributed by atoms with Gasteiger partial charge in [0.25, 0.3) is 5.91 Å². The van der Waals surface area contributed by atoms with Gasteiger partial charge in [0.1, 0.15) is 24.3 Å². The first kappa shape index (κ1) is 20.8. The Kier molecular flexibility index (Phi) is 5.83. The van der Waals surface area contributed by atoms with Gasteiger partial charge < -0.3 is 29.2 Å². The Balaban J connectivity index is 1.49. The molecule has 0 unspecified atom stereocenters. The molecule has 1 aliphatic rings. The number of anilines is 1. The number of nitrogens with one attached hydrogen (secondary N) is 1. The van der Waals surface area contributed by atoms with Gasteiger partial charge in [0.15, 0.2) is 5.69 Å². The number of imidazole rings is 1. The standard InChI is InChI=1S/C21H23N5O5/c1-13-9-16(24-31-13)21(29)23-15-5-3-14(4-6-15)20-17(11-27)26(19(28)12-30-20)10-18-22-7-8-25(18)2/h3-9,17,20,27H,10-12H2,1-2H3,(H,23,29)/t17-,20-/m1/s1. The van der Waals surface area contributed by atoms with Gasteiger partial charge in [-0.2, -0.15) is 0 Å². The summed E-state index contributed by atoms with van der Waals surface area (Å²) in [6.45, 7) is 1.64. The summed E-state index contributed by atoms with van der Waals surface area (Å²) in [5.74, 6) is 0.687. The number of nitrogens with zero attached hydrogens (tertiary/aromatic N) is 4. The number of carbonyl (C=O) groups is 2. The molecule has 10 nitrogen and oxygen atoms in total. The van der Waals surface area contributed by atoms with Gasteiger partial charge in [-0.25, -0.2) is 4.98 Å². The Morgan fingerprint density at radius 3 is 2.71 bits per heavy atom. The number of aliphatic hydroxyl groups excluding tert-OH is 1. The van der Waals surface area contributed by atoms with Crippen molar-refractivity contribution in [3.8, 4) is 0 Å². The molecule has 3 aromatic rings. The highest BCUT2D eigenvalue weighted by atomic mass is 16.5. The van der Waals surface area contributed by atoms with E-state index < -0.39 is 12.1 Å². The summed E-state index contributed by atoms with van der Waals surface area (Å²) < 4.78 is 12.5. The highest BCUT2D eigenvalue weighted by Gasteiger charge is 2.37. The molecule has 1 aromatic carbocycles. The Morgan fingerprint density at radius 2 is 2.10 bits per heavy atom. The van der Waals surface area contributed by atoms with Gasteiger partial charge >= 0.3 is 0 Å². The van der Waals surface area contributed by atoms with Crippen LogP contribution in [0, 0.1) is 6.92 Å². The molecule has 0 saturated carbocycles. The summed E-state index contributed by atoms with van der Waals surface area (Å²) in [6, 6.07) is 8.06. The molecule has 2 aromatic heterocycles. The van der Waals surface area contributed by atoms with Crippen molar-refractivity contribution in [1.82, 2.24) is 19.6 Å². The lowest BCUT2D eigenvalue weighted by atomic mass is 9.99. The van der Waals surface area contributed by atoms with Crippen LogP contribution >= 0.6 is 0 Å². The molecule has 0 bridgehead atoms. The summed E-state index contributed by atoms with van der Waals surface area (Å²) in [6.07, 6.45) is 2.96. The Bertz CT molecular complexity index is 1070. The molecule has 3 heterocycles. The van der Waals surface area contributed by atoms with Gasteiger partial charge in [0.2, 0.25) is 5.91 Å². The second-order valence-electron chi connectivity index (χ2n) is 7.36. The van der Waals surface area contributed by atoms with Gasteiger partial charge in [-0.1, -0.05) is 17.3 Å². The van der Waals surface area contributed by atoms with E-state index in [-0.39, 0.29) is 37.3 Å². The third-order valence-corrected chi connectivity index (χ3v) is 5.23. The number of morpholine rings is 1. The molecule has 0 aliphatic carbocycles. The smallest absolute Gasteiger partial charge is 0.277 e. The molecular weight excluding hydrogens is 402 g/mol. The van der Waals surface area contributed by atoms with Crippen molar-refractivity contribution in [3.05, 3.63) is 65.6 Å². The maximum Gasteiger partial charge on any atom is 0.277 e. The lowest BCUT2D eigenvalue weighted by molar-refractivity contribution is -0.162. The van der Waals surface area contributed by atoms with Crippen LogP contribution in [-0.4, -0.2) is 55.8 Å². The topological polar surface area (TPSA) is 123 Å². The molecular formula is C21H23N5O5. The van der Waals surface area contributed by atoms with Gasteiger partial charge in [-0.15, -0.1) is 0 Å². The minimum atomic E-state index is -0.559. The van der Waals surface area contributed by atoms with Crippen LogP contribution in [0.15, 0.2) is 47.2 Å². The average molecular weight is 425 g/mol. The van der Waals surface area contributed by atoms with Crippen molar-refractivity contribution in [3.63, 3.8) is 0 Å². The van der Waals surface area contributed by atoms with E-state index in [0.717, 1.165) is 5.56 Å². The number of hydrogen-bond donors (Lipinski definition) is 2. The molecule has 2 N–H and O–H groups in total.